The van der Waals surface area contributed by atoms with E-state index in [1.54, 1.807) is 0 Å². The Bertz CT molecular complexity index is 1280. The second-order valence-electron chi connectivity index (χ2n) is 16.7. The van der Waals surface area contributed by atoms with Crippen LogP contribution in [0.3, 0.4) is 0 Å². The summed E-state index contributed by atoms with van der Waals surface area (Å²) in [4.78, 5) is 37.9. The number of carbonyl (C=O) groups is 3. The first-order valence-electron chi connectivity index (χ1n) is 25.7. The maximum Gasteiger partial charge on any atom is 0.306 e. The highest BCUT2D eigenvalue weighted by Gasteiger charge is 2.19. The molecule has 0 N–H and O–H groups in total. The van der Waals surface area contributed by atoms with Gasteiger partial charge in [0.05, 0.1) is 0 Å². The van der Waals surface area contributed by atoms with Crippen LogP contribution in [0.2, 0.25) is 0 Å². The Morgan fingerprint density at radius 1 is 0.333 bits per heavy atom. The van der Waals surface area contributed by atoms with Crippen LogP contribution < -0.4 is 0 Å². The van der Waals surface area contributed by atoms with Crippen LogP contribution in [0.4, 0.5) is 0 Å². The molecule has 0 rings (SSSR count). The summed E-state index contributed by atoms with van der Waals surface area (Å²) >= 11 is 0. The van der Waals surface area contributed by atoms with Crippen molar-refractivity contribution in [2.75, 3.05) is 13.2 Å². The van der Waals surface area contributed by atoms with E-state index < -0.39 is 12.1 Å². The van der Waals surface area contributed by atoms with Gasteiger partial charge in [-0.3, -0.25) is 14.4 Å². The van der Waals surface area contributed by atoms with Gasteiger partial charge in [-0.1, -0.05) is 195 Å². The molecule has 0 amide bonds. The van der Waals surface area contributed by atoms with Crippen molar-refractivity contribution in [3.63, 3.8) is 0 Å². The van der Waals surface area contributed by atoms with E-state index in [0.717, 1.165) is 96.3 Å². The van der Waals surface area contributed by atoms with E-state index in [9.17, 15) is 14.4 Å². The number of ether oxygens (including phenoxy) is 3. The largest absolute Gasteiger partial charge is 0.462 e. The van der Waals surface area contributed by atoms with E-state index >= 15 is 0 Å². The fourth-order valence-corrected chi connectivity index (χ4v) is 6.69. The molecule has 0 aliphatic rings. The molecule has 0 aromatic rings. The van der Waals surface area contributed by atoms with Crippen LogP contribution in [-0.2, 0) is 28.6 Å². The maximum absolute atomic E-state index is 12.8. The molecule has 0 radical (unpaired) electrons. The first-order chi connectivity index (χ1) is 31.0. The number of hydrogen-bond donors (Lipinski definition) is 0. The highest BCUT2D eigenvalue weighted by Crippen LogP contribution is 2.13. The molecular weight excluding hydrogens is 781 g/mol. The van der Waals surface area contributed by atoms with E-state index in [1.165, 1.54) is 83.5 Å². The Morgan fingerprint density at radius 3 is 1.05 bits per heavy atom. The third-order valence-electron chi connectivity index (χ3n) is 10.6. The van der Waals surface area contributed by atoms with Gasteiger partial charge in [-0.15, -0.1) is 0 Å². The molecule has 0 saturated heterocycles. The first kappa shape index (κ1) is 59.3. The van der Waals surface area contributed by atoms with Crippen molar-refractivity contribution in [2.24, 2.45) is 0 Å². The van der Waals surface area contributed by atoms with Gasteiger partial charge in [-0.2, -0.15) is 0 Å². The van der Waals surface area contributed by atoms with Gasteiger partial charge in [0, 0.05) is 19.3 Å². The summed E-state index contributed by atoms with van der Waals surface area (Å²) < 4.78 is 16.7. The van der Waals surface area contributed by atoms with Gasteiger partial charge in [0.1, 0.15) is 13.2 Å². The number of rotatable bonds is 45. The van der Waals surface area contributed by atoms with E-state index in [2.05, 4.69) is 106 Å². The third-order valence-corrected chi connectivity index (χ3v) is 10.6. The minimum Gasteiger partial charge on any atom is -0.462 e. The van der Waals surface area contributed by atoms with Crippen molar-refractivity contribution in [2.45, 2.75) is 232 Å². The molecule has 0 aliphatic carbocycles. The zero-order valence-corrected chi connectivity index (χ0v) is 40.8. The van der Waals surface area contributed by atoms with Crippen LogP contribution in [0.15, 0.2) is 97.2 Å². The highest BCUT2D eigenvalue weighted by molar-refractivity contribution is 5.71. The zero-order valence-electron chi connectivity index (χ0n) is 40.8. The molecule has 0 spiro atoms. The molecule has 0 fully saturated rings. The Labute approximate surface area is 387 Å². The average molecular weight is 875 g/mol. The Kier molecular flexibility index (Phi) is 48.0. The zero-order chi connectivity index (χ0) is 45.8. The molecule has 6 nitrogen and oxygen atoms in total. The molecule has 0 aromatic heterocycles. The van der Waals surface area contributed by atoms with Crippen molar-refractivity contribution < 1.29 is 28.6 Å². The normalized spacial score (nSPS) is 12.9. The quantitative estimate of drug-likeness (QED) is 0.0262. The Hall–Kier alpha value is -3.67. The monoisotopic (exact) mass is 875 g/mol. The van der Waals surface area contributed by atoms with Gasteiger partial charge in [-0.05, 0) is 109 Å². The second kappa shape index (κ2) is 51.0. The summed E-state index contributed by atoms with van der Waals surface area (Å²) in [6.07, 6.45) is 66.8. The summed E-state index contributed by atoms with van der Waals surface area (Å²) in [5, 5.41) is 0. The standard InChI is InChI=1S/C57H94O6/c1-4-7-10-13-16-19-22-25-27-29-31-32-35-38-41-44-47-50-56(59)62-53-54(52-61-55(58)49-46-43-40-37-34-24-21-18-15-12-9-6-3)63-57(60)51-48-45-42-39-36-33-30-28-26-23-20-17-14-11-8-5-2/h8,11,16-21,25-28,33,36,42,45,54H,4-7,9-10,12-15,22-24,29-32,34-35,37-41,43-44,46-53H2,1-3H3/b11-8-,19-16-,20-17-,21-18-,27-25-,28-26-,36-33-,45-42-. The van der Waals surface area contributed by atoms with E-state index in [-0.39, 0.29) is 31.6 Å². The van der Waals surface area contributed by atoms with Gasteiger partial charge in [0.25, 0.3) is 0 Å². The molecule has 0 saturated carbocycles. The molecule has 1 unspecified atom stereocenters. The predicted molar refractivity (Wildman–Crippen MR) is 270 cm³/mol. The van der Waals surface area contributed by atoms with Crippen molar-refractivity contribution in [3.05, 3.63) is 97.2 Å². The predicted octanol–water partition coefficient (Wildman–Crippen LogP) is 17.0. The molecule has 0 aromatic carbocycles. The number of esters is 3. The molecule has 0 heterocycles. The minimum atomic E-state index is -0.823. The second-order valence-corrected chi connectivity index (χ2v) is 16.7. The smallest absolute Gasteiger partial charge is 0.306 e. The fourth-order valence-electron chi connectivity index (χ4n) is 6.69. The average Bonchev–Trinajstić information content (AvgIpc) is 3.28. The lowest BCUT2D eigenvalue weighted by Gasteiger charge is -2.18. The van der Waals surface area contributed by atoms with Crippen LogP contribution in [0.1, 0.15) is 226 Å². The van der Waals surface area contributed by atoms with E-state index in [0.29, 0.717) is 19.3 Å². The van der Waals surface area contributed by atoms with E-state index in [4.69, 9.17) is 14.2 Å². The first-order valence-corrected chi connectivity index (χ1v) is 25.7. The van der Waals surface area contributed by atoms with Crippen LogP contribution >= 0.6 is 0 Å². The van der Waals surface area contributed by atoms with Crippen LogP contribution in [-0.4, -0.2) is 37.2 Å². The van der Waals surface area contributed by atoms with Crippen molar-refractivity contribution >= 4 is 17.9 Å². The van der Waals surface area contributed by atoms with Gasteiger partial charge >= 0.3 is 17.9 Å². The van der Waals surface area contributed by atoms with Crippen molar-refractivity contribution in [1.29, 1.82) is 0 Å². The third kappa shape index (κ3) is 49.2. The summed E-state index contributed by atoms with van der Waals surface area (Å²) in [5.74, 6) is -1.02. The van der Waals surface area contributed by atoms with Crippen LogP contribution in [0.25, 0.3) is 0 Å². The summed E-state index contributed by atoms with van der Waals surface area (Å²) in [7, 11) is 0. The lowest BCUT2D eigenvalue weighted by atomic mass is 10.1. The van der Waals surface area contributed by atoms with E-state index in [1.807, 2.05) is 12.2 Å². The molecular formula is C57H94O6. The highest BCUT2D eigenvalue weighted by atomic mass is 16.6. The van der Waals surface area contributed by atoms with Crippen LogP contribution in [0, 0.1) is 0 Å². The number of carbonyl (C=O) groups excluding carboxylic acids is 3. The maximum atomic E-state index is 12.8. The Morgan fingerprint density at radius 2 is 0.651 bits per heavy atom. The number of allylic oxidation sites excluding steroid dienone is 16. The van der Waals surface area contributed by atoms with Gasteiger partial charge in [-0.25, -0.2) is 0 Å². The lowest BCUT2D eigenvalue weighted by Crippen LogP contribution is -2.30. The van der Waals surface area contributed by atoms with Crippen LogP contribution in [0.5, 0.6) is 0 Å². The van der Waals surface area contributed by atoms with Gasteiger partial charge in [0.15, 0.2) is 6.10 Å². The molecule has 0 aliphatic heterocycles. The van der Waals surface area contributed by atoms with Gasteiger partial charge < -0.3 is 14.2 Å². The molecule has 1 atom stereocenters. The molecule has 63 heavy (non-hydrogen) atoms. The SMILES string of the molecule is CC/C=C\C/C=C\C/C=C\C/C=C\C/C=C\CCC(=O)OC(COC(=O)CCCCCCC/C=C\CCCCC)COC(=O)CCCCCCCCC/C=C\C/C=C\CCCCC. The summed E-state index contributed by atoms with van der Waals surface area (Å²) in [5.41, 5.74) is 0. The summed E-state index contributed by atoms with van der Waals surface area (Å²) in [6, 6.07) is 0. The minimum absolute atomic E-state index is 0.115. The number of hydrogen-bond acceptors (Lipinski definition) is 6. The topological polar surface area (TPSA) is 78.9 Å². The molecule has 0 bridgehead atoms. The molecule has 6 heteroatoms. The number of unbranched alkanes of at least 4 members (excludes halogenated alkanes) is 18. The Balaban J connectivity index is 4.51. The summed E-state index contributed by atoms with van der Waals surface area (Å²) in [6.45, 7) is 6.39. The fraction of sp³-hybridized carbons (Fsp3) is 0.667. The van der Waals surface area contributed by atoms with Crippen molar-refractivity contribution in [1.82, 2.24) is 0 Å². The lowest BCUT2D eigenvalue weighted by molar-refractivity contribution is -0.166. The van der Waals surface area contributed by atoms with Gasteiger partial charge in [0.2, 0.25) is 0 Å². The van der Waals surface area contributed by atoms with Crippen molar-refractivity contribution in [3.8, 4) is 0 Å². The molecule has 358 valence electrons.